The average Bonchev–Trinajstić information content (AvgIpc) is 2.90. The number of aromatic amines is 1. The van der Waals surface area contributed by atoms with Crippen LogP contribution in [0.15, 0.2) is 41.5 Å². The smallest absolute Gasteiger partial charge is 0.330 e. The van der Waals surface area contributed by atoms with Gasteiger partial charge in [0.05, 0.1) is 11.3 Å². The molecule has 0 radical (unpaired) electrons. The van der Waals surface area contributed by atoms with Crippen LogP contribution in [0.25, 0.3) is 5.69 Å². The van der Waals surface area contributed by atoms with Gasteiger partial charge in [-0.15, -0.1) is 0 Å². The number of aliphatic hydroxyl groups is 1. The minimum absolute atomic E-state index is 0.167. The van der Waals surface area contributed by atoms with E-state index in [9.17, 15) is 9.90 Å². The lowest BCUT2D eigenvalue weighted by Crippen LogP contribution is -2.15. The molecular formula is C12H12N2O2. The molecule has 1 aromatic heterocycles. The molecule has 0 saturated heterocycles. The number of benzene rings is 1. The first-order valence-corrected chi connectivity index (χ1v) is 5.28. The third-order valence-electron chi connectivity index (χ3n) is 3.03. The zero-order chi connectivity index (χ0) is 11.2. The van der Waals surface area contributed by atoms with Crippen molar-refractivity contribution in [3.63, 3.8) is 0 Å². The van der Waals surface area contributed by atoms with Crippen LogP contribution < -0.4 is 5.69 Å². The summed E-state index contributed by atoms with van der Waals surface area (Å²) < 4.78 is 1.52. The fourth-order valence-corrected chi connectivity index (χ4v) is 1.88. The van der Waals surface area contributed by atoms with Crippen molar-refractivity contribution >= 4 is 0 Å². The van der Waals surface area contributed by atoms with E-state index < -0.39 is 5.60 Å². The molecule has 1 aliphatic carbocycles. The van der Waals surface area contributed by atoms with E-state index in [-0.39, 0.29) is 5.69 Å². The van der Waals surface area contributed by atoms with Gasteiger partial charge in [0.2, 0.25) is 0 Å². The maximum atomic E-state index is 11.4. The van der Waals surface area contributed by atoms with Gasteiger partial charge in [-0.05, 0) is 30.5 Å². The quantitative estimate of drug-likeness (QED) is 0.791. The molecule has 4 heteroatoms. The molecule has 0 bridgehead atoms. The molecule has 0 aliphatic heterocycles. The van der Waals surface area contributed by atoms with Crippen molar-refractivity contribution in [2.24, 2.45) is 0 Å². The van der Waals surface area contributed by atoms with Crippen LogP contribution in [-0.2, 0) is 5.60 Å². The van der Waals surface area contributed by atoms with Crippen LogP contribution in [0.5, 0.6) is 0 Å². The normalized spacial score (nSPS) is 17.3. The third-order valence-corrected chi connectivity index (χ3v) is 3.03. The third kappa shape index (κ3) is 1.39. The highest BCUT2D eigenvalue weighted by atomic mass is 16.3. The summed E-state index contributed by atoms with van der Waals surface area (Å²) in [5.74, 6) is 0. The predicted molar refractivity (Wildman–Crippen MR) is 59.5 cm³/mol. The Kier molecular flexibility index (Phi) is 1.82. The minimum atomic E-state index is -0.657. The minimum Gasteiger partial charge on any atom is -0.385 e. The number of nitrogens with one attached hydrogen (secondary N) is 1. The second kappa shape index (κ2) is 3.09. The van der Waals surface area contributed by atoms with Crippen LogP contribution in [0, 0.1) is 0 Å². The van der Waals surface area contributed by atoms with Crippen LogP contribution in [0.1, 0.15) is 18.4 Å². The summed E-state index contributed by atoms with van der Waals surface area (Å²) in [6, 6.07) is 7.47. The van der Waals surface area contributed by atoms with Gasteiger partial charge in [-0.25, -0.2) is 4.79 Å². The Balaban J connectivity index is 2.09. The van der Waals surface area contributed by atoms with Crippen LogP contribution >= 0.6 is 0 Å². The maximum Gasteiger partial charge on any atom is 0.330 e. The SMILES string of the molecule is O=c1[nH]ccn1-c1cccc(C2(O)CC2)c1. The van der Waals surface area contributed by atoms with E-state index in [0.717, 1.165) is 24.1 Å². The molecule has 16 heavy (non-hydrogen) atoms. The van der Waals surface area contributed by atoms with Crippen molar-refractivity contribution in [1.82, 2.24) is 9.55 Å². The van der Waals surface area contributed by atoms with E-state index in [4.69, 9.17) is 0 Å². The molecule has 2 aromatic rings. The number of nitrogens with zero attached hydrogens (tertiary/aromatic N) is 1. The largest absolute Gasteiger partial charge is 0.385 e. The molecule has 1 heterocycles. The Labute approximate surface area is 92.2 Å². The summed E-state index contributed by atoms with van der Waals surface area (Å²) in [6.45, 7) is 0. The van der Waals surface area contributed by atoms with Crippen molar-refractivity contribution in [2.75, 3.05) is 0 Å². The molecule has 0 amide bonds. The maximum absolute atomic E-state index is 11.4. The first kappa shape index (κ1) is 9.42. The molecule has 0 unspecified atom stereocenters. The van der Waals surface area contributed by atoms with Crippen LogP contribution in [0.4, 0.5) is 0 Å². The van der Waals surface area contributed by atoms with E-state index in [1.54, 1.807) is 12.4 Å². The second-order valence-electron chi connectivity index (χ2n) is 4.22. The summed E-state index contributed by atoms with van der Waals surface area (Å²) in [7, 11) is 0. The number of H-pyrrole nitrogens is 1. The fourth-order valence-electron chi connectivity index (χ4n) is 1.88. The summed E-state index contributed by atoms with van der Waals surface area (Å²) in [4.78, 5) is 14.0. The molecule has 4 nitrogen and oxygen atoms in total. The van der Waals surface area contributed by atoms with Gasteiger partial charge in [-0.3, -0.25) is 4.57 Å². The van der Waals surface area contributed by atoms with Crippen molar-refractivity contribution in [3.8, 4) is 5.69 Å². The molecule has 82 valence electrons. The van der Waals surface area contributed by atoms with Crippen molar-refractivity contribution in [3.05, 3.63) is 52.7 Å². The lowest BCUT2D eigenvalue weighted by Gasteiger charge is -2.09. The Hall–Kier alpha value is -1.81. The molecule has 0 spiro atoms. The standard InChI is InChI=1S/C12H12N2O2/c15-11-13-6-7-14(11)10-3-1-2-9(8-10)12(16)4-5-12/h1-3,6-8,16H,4-5H2,(H,13,15). The van der Waals surface area contributed by atoms with Gasteiger partial charge in [-0.2, -0.15) is 0 Å². The monoisotopic (exact) mass is 216 g/mol. The summed E-state index contributed by atoms with van der Waals surface area (Å²) in [6.07, 6.45) is 4.89. The molecule has 0 atom stereocenters. The molecule has 1 aliphatic rings. The van der Waals surface area contributed by atoms with Crippen LogP contribution in [0.2, 0.25) is 0 Å². The van der Waals surface area contributed by atoms with Crippen molar-refractivity contribution < 1.29 is 5.11 Å². The number of hydrogen-bond acceptors (Lipinski definition) is 2. The second-order valence-corrected chi connectivity index (χ2v) is 4.22. The molecular weight excluding hydrogens is 204 g/mol. The van der Waals surface area contributed by atoms with Gasteiger partial charge >= 0.3 is 5.69 Å². The van der Waals surface area contributed by atoms with Crippen LogP contribution in [-0.4, -0.2) is 14.7 Å². The van der Waals surface area contributed by atoms with E-state index in [0.29, 0.717) is 0 Å². The zero-order valence-electron chi connectivity index (χ0n) is 8.68. The summed E-state index contributed by atoms with van der Waals surface area (Å²) in [5.41, 5.74) is 0.845. The summed E-state index contributed by atoms with van der Waals surface area (Å²) in [5, 5.41) is 10.00. The van der Waals surface area contributed by atoms with Gasteiger partial charge in [0.15, 0.2) is 0 Å². The number of imidazole rings is 1. The number of aromatic nitrogens is 2. The Morgan fingerprint density at radius 2 is 2.19 bits per heavy atom. The van der Waals surface area contributed by atoms with Crippen LogP contribution in [0.3, 0.4) is 0 Å². The highest BCUT2D eigenvalue weighted by Crippen LogP contribution is 2.45. The molecule has 2 N–H and O–H groups in total. The van der Waals surface area contributed by atoms with Crippen molar-refractivity contribution in [2.45, 2.75) is 18.4 Å². The highest BCUT2D eigenvalue weighted by Gasteiger charge is 2.42. The summed E-state index contributed by atoms with van der Waals surface area (Å²) >= 11 is 0. The molecule has 1 aromatic carbocycles. The molecule has 1 fully saturated rings. The van der Waals surface area contributed by atoms with Gasteiger partial charge in [0.25, 0.3) is 0 Å². The van der Waals surface area contributed by atoms with Gasteiger partial charge in [0.1, 0.15) is 0 Å². The van der Waals surface area contributed by atoms with Gasteiger partial charge < -0.3 is 10.1 Å². The predicted octanol–water partition coefficient (Wildman–Crippen LogP) is 1.15. The Morgan fingerprint density at radius 1 is 1.38 bits per heavy atom. The lowest BCUT2D eigenvalue weighted by molar-refractivity contribution is 0.151. The first-order chi connectivity index (χ1) is 7.69. The first-order valence-electron chi connectivity index (χ1n) is 5.28. The Morgan fingerprint density at radius 3 is 2.81 bits per heavy atom. The molecule has 3 rings (SSSR count). The van der Waals surface area contributed by atoms with Crippen molar-refractivity contribution in [1.29, 1.82) is 0 Å². The molecule has 1 saturated carbocycles. The van der Waals surface area contributed by atoms with E-state index in [1.165, 1.54) is 4.57 Å². The topological polar surface area (TPSA) is 58.0 Å². The lowest BCUT2D eigenvalue weighted by atomic mass is 10.1. The Bertz CT molecular complexity index is 578. The number of rotatable bonds is 2. The van der Waals surface area contributed by atoms with E-state index in [1.807, 2.05) is 24.3 Å². The van der Waals surface area contributed by atoms with E-state index in [2.05, 4.69) is 4.98 Å². The van der Waals surface area contributed by atoms with Gasteiger partial charge in [-0.1, -0.05) is 12.1 Å². The highest BCUT2D eigenvalue weighted by molar-refractivity contribution is 5.40. The fraction of sp³-hybridized carbons (Fsp3) is 0.250. The average molecular weight is 216 g/mol. The zero-order valence-corrected chi connectivity index (χ0v) is 8.68. The van der Waals surface area contributed by atoms with Gasteiger partial charge in [0, 0.05) is 12.4 Å². The van der Waals surface area contributed by atoms with E-state index >= 15 is 0 Å². The number of hydrogen-bond donors (Lipinski definition) is 2.